The first-order valence-corrected chi connectivity index (χ1v) is 7.72. The second-order valence-corrected chi connectivity index (χ2v) is 5.62. The van der Waals surface area contributed by atoms with Crippen LogP contribution in [0.2, 0.25) is 0 Å². The number of rotatable bonds is 7. The van der Waals surface area contributed by atoms with E-state index in [0.29, 0.717) is 19.0 Å². The molecule has 2 rings (SSSR count). The number of likely N-dealkylation sites (N-methyl/N-ethyl adjacent to an activating group) is 1. The van der Waals surface area contributed by atoms with Crippen molar-refractivity contribution in [3.63, 3.8) is 0 Å². The van der Waals surface area contributed by atoms with Gasteiger partial charge in [-0.3, -0.25) is 9.69 Å². The zero-order valence-electron chi connectivity index (χ0n) is 13.5. The number of hydrogen-bond donors (Lipinski definition) is 1. The minimum absolute atomic E-state index is 0.0355. The first kappa shape index (κ1) is 16.7. The minimum Gasteiger partial charge on any atom is -0.478 e. The molecule has 0 saturated carbocycles. The summed E-state index contributed by atoms with van der Waals surface area (Å²) in [6.07, 6.45) is 3.57. The van der Waals surface area contributed by atoms with E-state index in [1.165, 1.54) is 0 Å². The van der Waals surface area contributed by atoms with Crippen LogP contribution in [-0.4, -0.2) is 55.2 Å². The molecular weight excluding hydrogens is 282 g/mol. The third kappa shape index (κ3) is 4.42. The van der Waals surface area contributed by atoms with Gasteiger partial charge in [0, 0.05) is 32.5 Å². The lowest BCUT2D eigenvalue weighted by Crippen LogP contribution is -2.41. The summed E-state index contributed by atoms with van der Waals surface area (Å²) in [5.41, 5.74) is 0.959. The smallest absolute Gasteiger partial charge is 0.237 e. The van der Waals surface area contributed by atoms with E-state index in [1.54, 1.807) is 13.3 Å². The Kier molecular flexibility index (Phi) is 6.15. The molecule has 6 heteroatoms. The van der Waals surface area contributed by atoms with Crippen molar-refractivity contribution >= 4 is 5.91 Å². The monoisotopic (exact) mass is 307 g/mol. The summed E-state index contributed by atoms with van der Waals surface area (Å²) in [7, 11) is 3.64. The van der Waals surface area contributed by atoms with E-state index in [4.69, 9.17) is 9.47 Å². The molecule has 2 atom stereocenters. The average molecular weight is 307 g/mol. The molecule has 1 aliphatic heterocycles. The quantitative estimate of drug-likeness (QED) is 0.820. The molecule has 0 aliphatic carbocycles. The lowest BCUT2D eigenvalue weighted by molar-refractivity contribution is -0.125. The minimum atomic E-state index is -0.120. The molecule has 1 aromatic heterocycles. The lowest BCUT2D eigenvalue weighted by atomic mass is 10.2. The zero-order valence-corrected chi connectivity index (χ0v) is 13.5. The lowest BCUT2D eigenvalue weighted by Gasteiger charge is -2.18. The van der Waals surface area contributed by atoms with Crippen LogP contribution in [-0.2, 0) is 16.1 Å². The van der Waals surface area contributed by atoms with E-state index in [2.05, 4.69) is 17.2 Å². The number of carbonyl (C=O) groups excluding carboxylic acids is 1. The second kappa shape index (κ2) is 8.10. The van der Waals surface area contributed by atoms with Crippen LogP contribution in [0.15, 0.2) is 18.3 Å². The number of hydrogen-bond acceptors (Lipinski definition) is 5. The number of carbonyl (C=O) groups is 1. The van der Waals surface area contributed by atoms with Crippen molar-refractivity contribution < 1.29 is 14.3 Å². The highest BCUT2D eigenvalue weighted by Crippen LogP contribution is 2.18. The van der Waals surface area contributed by atoms with E-state index in [1.807, 2.05) is 24.1 Å². The molecule has 1 amide bonds. The van der Waals surface area contributed by atoms with E-state index in [0.717, 1.165) is 24.9 Å². The molecule has 22 heavy (non-hydrogen) atoms. The fraction of sp³-hybridized carbons (Fsp3) is 0.625. The van der Waals surface area contributed by atoms with Crippen LogP contribution in [0.5, 0.6) is 5.88 Å². The van der Waals surface area contributed by atoms with Gasteiger partial charge in [0.15, 0.2) is 0 Å². The molecule has 1 aromatic rings. The van der Waals surface area contributed by atoms with Gasteiger partial charge < -0.3 is 14.8 Å². The van der Waals surface area contributed by atoms with Crippen LogP contribution in [0, 0.1) is 0 Å². The number of amides is 1. The normalized spacial score (nSPS) is 21.8. The predicted molar refractivity (Wildman–Crippen MR) is 83.7 cm³/mol. The summed E-state index contributed by atoms with van der Waals surface area (Å²) in [4.78, 5) is 18.5. The van der Waals surface area contributed by atoms with Crippen molar-refractivity contribution in [1.82, 2.24) is 15.2 Å². The van der Waals surface area contributed by atoms with Gasteiger partial charge in [0.2, 0.25) is 11.8 Å². The van der Waals surface area contributed by atoms with Gasteiger partial charge in [0.05, 0.1) is 18.8 Å². The fourth-order valence-corrected chi connectivity index (χ4v) is 2.54. The van der Waals surface area contributed by atoms with Crippen molar-refractivity contribution in [3.05, 3.63) is 23.9 Å². The van der Waals surface area contributed by atoms with Crippen molar-refractivity contribution in [2.75, 3.05) is 27.3 Å². The second-order valence-electron chi connectivity index (χ2n) is 5.62. The largest absolute Gasteiger partial charge is 0.478 e. The van der Waals surface area contributed by atoms with E-state index >= 15 is 0 Å². The Balaban J connectivity index is 1.81. The number of nitrogens with zero attached hydrogens (tertiary/aromatic N) is 2. The summed E-state index contributed by atoms with van der Waals surface area (Å²) in [6.45, 7) is 3.98. The van der Waals surface area contributed by atoms with Crippen LogP contribution >= 0.6 is 0 Å². The van der Waals surface area contributed by atoms with Gasteiger partial charge in [-0.25, -0.2) is 4.98 Å². The summed E-state index contributed by atoms with van der Waals surface area (Å²) in [6, 6.07) is 3.64. The van der Waals surface area contributed by atoms with Crippen molar-refractivity contribution in [1.29, 1.82) is 0 Å². The Bertz CT molecular complexity index is 478. The molecule has 0 aromatic carbocycles. The number of ether oxygens (including phenoxy) is 2. The van der Waals surface area contributed by atoms with Gasteiger partial charge in [-0.2, -0.15) is 0 Å². The summed E-state index contributed by atoms with van der Waals surface area (Å²) in [5, 5.41) is 2.96. The number of likely N-dealkylation sites (tertiary alicyclic amines) is 1. The van der Waals surface area contributed by atoms with Gasteiger partial charge in [-0.05, 0) is 25.5 Å². The van der Waals surface area contributed by atoms with Crippen LogP contribution < -0.4 is 10.1 Å². The molecule has 2 heterocycles. The number of nitrogens with one attached hydrogen (secondary N) is 1. The molecule has 0 unspecified atom stereocenters. The maximum atomic E-state index is 12.2. The third-order valence-electron chi connectivity index (χ3n) is 3.86. The fourth-order valence-electron chi connectivity index (χ4n) is 2.54. The van der Waals surface area contributed by atoms with Crippen molar-refractivity contribution in [3.8, 4) is 5.88 Å². The van der Waals surface area contributed by atoms with Crippen LogP contribution in [0.3, 0.4) is 0 Å². The van der Waals surface area contributed by atoms with Crippen LogP contribution in [0.1, 0.15) is 25.3 Å². The summed E-state index contributed by atoms with van der Waals surface area (Å²) in [5.74, 6) is 0.656. The highest BCUT2D eigenvalue weighted by Gasteiger charge is 2.34. The topological polar surface area (TPSA) is 63.7 Å². The van der Waals surface area contributed by atoms with Gasteiger partial charge in [-0.1, -0.05) is 13.0 Å². The van der Waals surface area contributed by atoms with E-state index < -0.39 is 0 Å². The maximum absolute atomic E-state index is 12.2. The molecular formula is C16H25N3O3. The molecule has 6 nitrogen and oxygen atoms in total. The Hall–Kier alpha value is -1.66. The number of methoxy groups -OCH3 is 1. The predicted octanol–water partition coefficient (Wildman–Crippen LogP) is 1.21. The first-order valence-electron chi connectivity index (χ1n) is 7.72. The van der Waals surface area contributed by atoms with Crippen molar-refractivity contribution in [2.45, 2.75) is 38.5 Å². The highest BCUT2D eigenvalue weighted by atomic mass is 16.5. The molecule has 0 spiro atoms. The van der Waals surface area contributed by atoms with Gasteiger partial charge in [0.1, 0.15) is 0 Å². The highest BCUT2D eigenvalue weighted by molar-refractivity contribution is 5.82. The van der Waals surface area contributed by atoms with Gasteiger partial charge in [-0.15, -0.1) is 0 Å². The number of pyridine rings is 1. The molecule has 1 aliphatic rings. The standard InChI is InChI=1S/C16H25N3O3/c1-4-7-22-15-6-5-12(9-17-15)10-18-16(20)14-8-13(21-3)11-19(14)2/h5-6,9,13-14H,4,7-8,10-11H2,1-3H3,(H,18,20)/t13-,14-/m0/s1. The zero-order chi connectivity index (χ0) is 15.9. The Morgan fingerprint density at radius 2 is 2.32 bits per heavy atom. The molecule has 0 bridgehead atoms. The van der Waals surface area contributed by atoms with Gasteiger partial charge >= 0.3 is 0 Å². The van der Waals surface area contributed by atoms with Crippen LogP contribution in [0.4, 0.5) is 0 Å². The maximum Gasteiger partial charge on any atom is 0.237 e. The summed E-state index contributed by atoms with van der Waals surface area (Å²) >= 11 is 0. The molecule has 122 valence electrons. The number of aromatic nitrogens is 1. The summed E-state index contributed by atoms with van der Waals surface area (Å²) < 4.78 is 10.8. The molecule has 1 saturated heterocycles. The molecule has 1 fully saturated rings. The molecule has 1 N–H and O–H groups in total. The first-order chi connectivity index (χ1) is 10.6. The van der Waals surface area contributed by atoms with E-state index in [-0.39, 0.29) is 18.1 Å². The molecule has 0 radical (unpaired) electrons. The SMILES string of the molecule is CCCOc1ccc(CNC(=O)[C@@H]2C[C@H](OC)CN2C)cn1. The Morgan fingerprint density at radius 3 is 2.91 bits per heavy atom. The third-order valence-corrected chi connectivity index (χ3v) is 3.86. The Morgan fingerprint density at radius 1 is 1.50 bits per heavy atom. The Labute approximate surface area is 131 Å². The van der Waals surface area contributed by atoms with E-state index in [9.17, 15) is 4.79 Å². The average Bonchev–Trinajstić information content (AvgIpc) is 2.92. The van der Waals surface area contributed by atoms with Crippen LogP contribution in [0.25, 0.3) is 0 Å². The van der Waals surface area contributed by atoms with Gasteiger partial charge in [0.25, 0.3) is 0 Å². The van der Waals surface area contributed by atoms with Crippen molar-refractivity contribution in [2.24, 2.45) is 0 Å².